The van der Waals surface area contributed by atoms with E-state index in [-0.39, 0.29) is 21.8 Å². The number of halogens is 3. The highest BCUT2D eigenvalue weighted by Crippen LogP contribution is 2.38. The molecule has 6 nitrogen and oxygen atoms in total. The van der Waals surface area contributed by atoms with Gasteiger partial charge in [-0.25, -0.2) is 14.4 Å². The molecule has 2 saturated heterocycles. The van der Waals surface area contributed by atoms with Crippen LogP contribution in [0, 0.1) is 5.82 Å². The number of fused-ring (bicyclic) bond motifs is 3. The number of aromatic nitrogens is 2. The maximum atomic E-state index is 14.6. The van der Waals surface area contributed by atoms with Crippen LogP contribution in [0.3, 0.4) is 0 Å². The number of anilines is 2. The SMILES string of the molecule is COc1cc2ncnc(Nc3ccc(Cl)c(Cl)c3F)c2cc1O[C@@H]1C[C@H]2CC[C@@H](C1)N2. The van der Waals surface area contributed by atoms with Gasteiger partial charge in [0.1, 0.15) is 18.2 Å². The molecule has 0 radical (unpaired) electrons. The Balaban J connectivity index is 1.50. The van der Waals surface area contributed by atoms with Crippen LogP contribution in [0.5, 0.6) is 11.5 Å². The number of benzene rings is 2. The standard InChI is InChI=1S/C22H21Cl2FN4O2/c1-30-18-9-17-14(8-19(18)31-13-6-11-2-3-12(7-13)28-11)22(27-10-26-17)29-16-5-4-15(23)20(24)21(16)25/h4-5,8-13,28H,2-3,6-7H2,1H3,(H,26,27,29)/t11-,12+,13-. The summed E-state index contributed by atoms with van der Waals surface area (Å²) in [6, 6.07) is 7.71. The number of methoxy groups -OCH3 is 1. The van der Waals surface area contributed by atoms with E-state index < -0.39 is 5.82 Å². The largest absolute Gasteiger partial charge is 0.493 e. The second kappa shape index (κ2) is 8.30. The molecule has 3 aromatic rings. The van der Waals surface area contributed by atoms with Crippen LogP contribution in [0.2, 0.25) is 10.0 Å². The zero-order valence-electron chi connectivity index (χ0n) is 16.8. The van der Waals surface area contributed by atoms with Gasteiger partial charge >= 0.3 is 0 Å². The van der Waals surface area contributed by atoms with Crippen molar-refractivity contribution in [3.05, 3.63) is 46.5 Å². The highest BCUT2D eigenvalue weighted by atomic mass is 35.5. The fraction of sp³-hybridized carbons (Fsp3) is 0.364. The molecule has 31 heavy (non-hydrogen) atoms. The van der Waals surface area contributed by atoms with Crippen molar-refractivity contribution in [2.24, 2.45) is 0 Å². The Bertz CT molecular complexity index is 1130. The van der Waals surface area contributed by atoms with E-state index in [0.29, 0.717) is 40.3 Å². The van der Waals surface area contributed by atoms with Gasteiger partial charge in [0.25, 0.3) is 0 Å². The molecule has 1 aromatic heterocycles. The average molecular weight is 463 g/mol. The molecule has 2 N–H and O–H groups in total. The lowest BCUT2D eigenvalue weighted by atomic mass is 10.0. The highest BCUT2D eigenvalue weighted by Gasteiger charge is 2.35. The predicted octanol–water partition coefficient (Wildman–Crippen LogP) is 5.49. The van der Waals surface area contributed by atoms with Gasteiger partial charge in [0.15, 0.2) is 17.3 Å². The predicted molar refractivity (Wildman–Crippen MR) is 119 cm³/mol. The molecule has 0 spiro atoms. The van der Waals surface area contributed by atoms with Crippen LogP contribution >= 0.6 is 23.2 Å². The van der Waals surface area contributed by atoms with Crippen LogP contribution in [0.15, 0.2) is 30.6 Å². The summed E-state index contributed by atoms with van der Waals surface area (Å²) in [7, 11) is 1.60. The summed E-state index contributed by atoms with van der Waals surface area (Å²) in [5.74, 6) is 1.01. The smallest absolute Gasteiger partial charge is 0.166 e. The van der Waals surface area contributed by atoms with Gasteiger partial charge in [-0.1, -0.05) is 23.2 Å². The number of piperidine rings is 1. The third-order valence-electron chi connectivity index (χ3n) is 5.93. The first-order valence-corrected chi connectivity index (χ1v) is 10.9. The Morgan fingerprint density at radius 3 is 2.61 bits per heavy atom. The summed E-state index contributed by atoms with van der Waals surface area (Å²) in [6.45, 7) is 0. The second-order valence-corrected chi connectivity index (χ2v) is 8.72. The summed E-state index contributed by atoms with van der Waals surface area (Å²) >= 11 is 11.8. The van der Waals surface area contributed by atoms with E-state index in [1.165, 1.54) is 31.3 Å². The lowest BCUT2D eigenvalue weighted by Gasteiger charge is -2.30. The minimum absolute atomic E-state index is 0.110. The second-order valence-electron chi connectivity index (χ2n) is 7.94. The molecular weight excluding hydrogens is 442 g/mol. The maximum Gasteiger partial charge on any atom is 0.166 e. The van der Waals surface area contributed by atoms with E-state index in [0.717, 1.165) is 12.8 Å². The molecule has 2 bridgehead atoms. The first kappa shape index (κ1) is 20.5. The summed E-state index contributed by atoms with van der Waals surface area (Å²) in [6.07, 6.45) is 5.82. The first-order valence-electron chi connectivity index (χ1n) is 10.2. The van der Waals surface area contributed by atoms with Gasteiger partial charge in [-0.2, -0.15) is 0 Å². The molecule has 9 heteroatoms. The molecule has 0 saturated carbocycles. The van der Waals surface area contributed by atoms with Gasteiger partial charge in [0, 0.05) is 23.5 Å². The van der Waals surface area contributed by atoms with Crippen LogP contribution < -0.4 is 20.1 Å². The normalized spacial score (nSPS) is 22.5. The lowest BCUT2D eigenvalue weighted by Crippen LogP contribution is -2.42. The van der Waals surface area contributed by atoms with Gasteiger partial charge in [-0.3, -0.25) is 0 Å². The Morgan fingerprint density at radius 2 is 1.87 bits per heavy atom. The minimum Gasteiger partial charge on any atom is -0.493 e. The fourth-order valence-electron chi connectivity index (χ4n) is 4.45. The molecule has 0 unspecified atom stereocenters. The third-order valence-corrected chi connectivity index (χ3v) is 6.71. The molecule has 0 amide bonds. The van der Waals surface area contributed by atoms with Crippen LogP contribution in [-0.2, 0) is 0 Å². The summed E-state index contributed by atoms with van der Waals surface area (Å²) in [4.78, 5) is 8.63. The van der Waals surface area contributed by atoms with Crippen molar-refractivity contribution in [2.75, 3.05) is 12.4 Å². The van der Waals surface area contributed by atoms with Crippen LogP contribution in [0.1, 0.15) is 25.7 Å². The number of nitrogens with one attached hydrogen (secondary N) is 2. The van der Waals surface area contributed by atoms with Crippen molar-refractivity contribution in [3.63, 3.8) is 0 Å². The van der Waals surface area contributed by atoms with Gasteiger partial charge in [0.2, 0.25) is 0 Å². The molecule has 3 heterocycles. The molecule has 0 aliphatic carbocycles. The van der Waals surface area contributed by atoms with Crippen molar-refractivity contribution in [1.29, 1.82) is 0 Å². The molecule has 3 atom stereocenters. The molecule has 2 fully saturated rings. The summed E-state index contributed by atoms with van der Waals surface area (Å²) in [5, 5.41) is 7.30. The highest BCUT2D eigenvalue weighted by molar-refractivity contribution is 6.42. The Morgan fingerprint density at radius 1 is 1.10 bits per heavy atom. The third kappa shape index (κ3) is 3.97. The van der Waals surface area contributed by atoms with Crippen molar-refractivity contribution >= 4 is 45.6 Å². The zero-order valence-corrected chi connectivity index (χ0v) is 18.3. The molecule has 2 aliphatic rings. The number of nitrogens with zero attached hydrogens (tertiary/aromatic N) is 2. The molecular formula is C22H21Cl2FN4O2. The van der Waals surface area contributed by atoms with Crippen LogP contribution in [0.25, 0.3) is 10.9 Å². The van der Waals surface area contributed by atoms with E-state index in [1.54, 1.807) is 13.2 Å². The van der Waals surface area contributed by atoms with Crippen molar-refractivity contribution < 1.29 is 13.9 Å². The van der Waals surface area contributed by atoms with Crippen molar-refractivity contribution in [2.45, 2.75) is 43.9 Å². The van der Waals surface area contributed by atoms with Gasteiger partial charge in [-0.05, 0) is 43.9 Å². The Labute approximate surface area is 189 Å². The van der Waals surface area contributed by atoms with E-state index >= 15 is 0 Å². The monoisotopic (exact) mass is 462 g/mol. The van der Waals surface area contributed by atoms with Gasteiger partial charge in [-0.15, -0.1) is 0 Å². The Kier molecular flexibility index (Phi) is 5.50. The average Bonchev–Trinajstić information content (AvgIpc) is 3.12. The molecule has 5 rings (SSSR count). The molecule has 162 valence electrons. The lowest BCUT2D eigenvalue weighted by molar-refractivity contribution is 0.133. The topological polar surface area (TPSA) is 68.3 Å². The maximum absolute atomic E-state index is 14.6. The number of rotatable bonds is 5. The quantitative estimate of drug-likeness (QED) is 0.488. The Hall–Kier alpha value is -2.35. The van der Waals surface area contributed by atoms with E-state index in [2.05, 4.69) is 20.6 Å². The first-order chi connectivity index (χ1) is 15.0. The van der Waals surface area contributed by atoms with E-state index in [4.69, 9.17) is 32.7 Å². The number of ether oxygens (including phenoxy) is 2. The van der Waals surface area contributed by atoms with Crippen molar-refractivity contribution in [3.8, 4) is 11.5 Å². The fourth-order valence-corrected chi connectivity index (χ4v) is 4.76. The van der Waals surface area contributed by atoms with Crippen LogP contribution in [-0.4, -0.2) is 35.3 Å². The minimum atomic E-state index is -0.643. The zero-order chi connectivity index (χ0) is 21.5. The van der Waals surface area contributed by atoms with Gasteiger partial charge < -0.3 is 20.1 Å². The molecule has 2 aromatic carbocycles. The van der Waals surface area contributed by atoms with Crippen LogP contribution in [0.4, 0.5) is 15.9 Å². The van der Waals surface area contributed by atoms with E-state index in [1.807, 2.05) is 6.07 Å². The number of hydrogen-bond acceptors (Lipinski definition) is 6. The summed E-state index contributed by atoms with van der Waals surface area (Å²) < 4.78 is 26.5. The van der Waals surface area contributed by atoms with Crippen molar-refractivity contribution in [1.82, 2.24) is 15.3 Å². The molecule has 2 aliphatic heterocycles. The summed E-state index contributed by atoms with van der Waals surface area (Å²) in [5.41, 5.74) is 0.815. The number of hydrogen-bond donors (Lipinski definition) is 2. The van der Waals surface area contributed by atoms with E-state index in [9.17, 15) is 4.39 Å². The van der Waals surface area contributed by atoms with Gasteiger partial charge in [0.05, 0.1) is 28.4 Å².